The van der Waals surface area contributed by atoms with E-state index < -0.39 is 6.61 Å². The predicted octanol–water partition coefficient (Wildman–Crippen LogP) is 1.83. The Kier molecular flexibility index (Phi) is 5.82. The second-order valence-corrected chi connectivity index (χ2v) is 3.33. The Bertz CT molecular complexity index is 337. The number of nitrogens with two attached hydrogens (primary N) is 1. The molecule has 1 atom stereocenters. The van der Waals surface area contributed by atoms with Crippen LogP contribution in [0.15, 0.2) is 24.3 Å². The summed E-state index contributed by atoms with van der Waals surface area (Å²) in [5, 5.41) is 0. The lowest BCUT2D eigenvalue weighted by Crippen LogP contribution is -2.31. The average Bonchev–Trinajstić information content (AvgIpc) is 2.30. The standard InChI is InChI=1S/C11H16F2N2O2/c1-2-16-7-10(15-14)8-4-3-5-9(6-8)17-11(12)13/h3-6,10-11,15H,2,7,14H2,1H3. The van der Waals surface area contributed by atoms with Gasteiger partial charge in [-0.15, -0.1) is 0 Å². The zero-order valence-electron chi connectivity index (χ0n) is 9.53. The van der Waals surface area contributed by atoms with Gasteiger partial charge in [0, 0.05) is 6.61 Å². The topological polar surface area (TPSA) is 56.5 Å². The van der Waals surface area contributed by atoms with E-state index in [1.165, 1.54) is 12.1 Å². The van der Waals surface area contributed by atoms with Crippen LogP contribution in [0.2, 0.25) is 0 Å². The first kappa shape index (κ1) is 13.8. The van der Waals surface area contributed by atoms with Gasteiger partial charge in [-0.25, -0.2) is 0 Å². The normalized spacial score (nSPS) is 12.8. The highest BCUT2D eigenvalue weighted by molar-refractivity contribution is 5.30. The highest BCUT2D eigenvalue weighted by Crippen LogP contribution is 2.20. The van der Waals surface area contributed by atoms with E-state index in [2.05, 4.69) is 10.2 Å². The van der Waals surface area contributed by atoms with E-state index in [9.17, 15) is 8.78 Å². The Morgan fingerprint density at radius 2 is 2.18 bits per heavy atom. The molecule has 0 aliphatic carbocycles. The Morgan fingerprint density at radius 1 is 1.41 bits per heavy atom. The number of alkyl halides is 2. The summed E-state index contributed by atoms with van der Waals surface area (Å²) >= 11 is 0. The van der Waals surface area contributed by atoms with Crippen LogP contribution in [0.4, 0.5) is 8.78 Å². The quantitative estimate of drug-likeness (QED) is 0.569. The molecule has 0 saturated heterocycles. The minimum absolute atomic E-state index is 0.106. The molecule has 1 aromatic carbocycles. The third-order valence-electron chi connectivity index (χ3n) is 2.18. The van der Waals surface area contributed by atoms with Crippen LogP contribution in [0.1, 0.15) is 18.5 Å². The van der Waals surface area contributed by atoms with Gasteiger partial charge in [-0.2, -0.15) is 8.78 Å². The molecule has 1 unspecified atom stereocenters. The highest BCUT2D eigenvalue weighted by atomic mass is 19.3. The van der Waals surface area contributed by atoms with Gasteiger partial charge in [-0.3, -0.25) is 11.3 Å². The van der Waals surface area contributed by atoms with E-state index in [0.717, 1.165) is 5.56 Å². The Hall–Kier alpha value is -1.24. The van der Waals surface area contributed by atoms with Crippen molar-refractivity contribution in [3.05, 3.63) is 29.8 Å². The van der Waals surface area contributed by atoms with Gasteiger partial charge in [0.25, 0.3) is 0 Å². The van der Waals surface area contributed by atoms with E-state index in [1.807, 2.05) is 6.92 Å². The van der Waals surface area contributed by atoms with Crippen molar-refractivity contribution in [1.29, 1.82) is 0 Å². The molecule has 1 rings (SSSR count). The van der Waals surface area contributed by atoms with E-state index in [1.54, 1.807) is 12.1 Å². The van der Waals surface area contributed by atoms with Crippen LogP contribution in [0.25, 0.3) is 0 Å². The van der Waals surface area contributed by atoms with Gasteiger partial charge in [0.15, 0.2) is 0 Å². The molecule has 96 valence electrons. The van der Waals surface area contributed by atoms with Gasteiger partial charge < -0.3 is 9.47 Å². The molecule has 0 fully saturated rings. The predicted molar refractivity (Wildman–Crippen MR) is 59.6 cm³/mol. The molecule has 6 heteroatoms. The van der Waals surface area contributed by atoms with Crippen molar-refractivity contribution in [2.24, 2.45) is 5.84 Å². The summed E-state index contributed by atoms with van der Waals surface area (Å²) in [6.45, 7) is -0.0399. The van der Waals surface area contributed by atoms with E-state index in [0.29, 0.717) is 13.2 Å². The third kappa shape index (κ3) is 4.64. The van der Waals surface area contributed by atoms with Gasteiger partial charge in [-0.1, -0.05) is 12.1 Å². The number of benzene rings is 1. The molecule has 0 amide bonds. The minimum atomic E-state index is -2.83. The first-order valence-electron chi connectivity index (χ1n) is 5.26. The van der Waals surface area contributed by atoms with Crippen LogP contribution in [-0.2, 0) is 4.74 Å². The van der Waals surface area contributed by atoms with Crippen molar-refractivity contribution in [2.75, 3.05) is 13.2 Å². The van der Waals surface area contributed by atoms with Crippen molar-refractivity contribution in [1.82, 2.24) is 5.43 Å². The van der Waals surface area contributed by atoms with Crippen LogP contribution in [0, 0.1) is 0 Å². The second-order valence-electron chi connectivity index (χ2n) is 3.33. The highest BCUT2D eigenvalue weighted by Gasteiger charge is 2.11. The van der Waals surface area contributed by atoms with E-state index >= 15 is 0 Å². The van der Waals surface area contributed by atoms with Crippen molar-refractivity contribution in [2.45, 2.75) is 19.6 Å². The number of hydrazine groups is 1. The Labute approximate surface area is 98.7 Å². The molecule has 17 heavy (non-hydrogen) atoms. The first-order chi connectivity index (χ1) is 8.17. The van der Waals surface area contributed by atoms with E-state index in [4.69, 9.17) is 10.6 Å². The fraction of sp³-hybridized carbons (Fsp3) is 0.455. The molecule has 3 N–H and O–H groups in total. The zero-order valence-corrected chi connectivity index (χ0v) is 9.53. The lowest BCUT2D eigenvalue weighted by atomic mass is 10.1. The summed E-state index contributed by atoms with van der Waals surface area (Å²) in [4.78, 5) is 0. The second kappa shape index (κ2) is 7.16. The summed E-state index contributed by atoms with van der Waals surface area (Å²) in [6.07, 6.45) is 0. The fourth-order valence-corrected chi connectivity index (χ4v) is 1.38. The molecular formula is C11H16F2N2O2. The molecule has 0 heterocycles. The maximum Gasteiger partial charge on any atom is 0.387 e. The summed E-state index contributed by atoms with van der Waals surface area (Å²) < 4.78 is 33.6. The Morgan fingerprint density at radius 3 is 2.76 bits per heavy atom. The molecule has 0 spiro atoms. The fourth-order valence-electron chi connectivity index (χ4n) is 1.38. The molecule has 0 aliphatic heterocycles. The van der Waals surface area contributed by atoms with Crippen molar-refractivity contribution >= 4 is 0 Å². The summed E-state index contributed by atoms with van der Waals surface area (Å²) in [5.74, 6) is 5.48. The van der Waals surface area contributed by atoms with Crippen LogP contribution in [0.3, 0.4) is 0 Å². The Balaban J connectivity index is 2.73. The number of halogens is 2. The number of nitrogens with one attached hydrogen (secondary N) is 1. The molecule has 4 nitrogen and oxygen atoms in total. The van der Waals surface area contributed by atoms with Gasteiger partial charge in [-0.05, 0) is 24.6 Å². The van der Waals surface area contributed by atoms with Gasteiger partial charge in [0.05, 0.1) is 12.6 Å². The third-order valence-corrected chi connectivity index (χ3v) is 2.18. The lowest BCUT2D eigenvalue weighted by molar-refractivity contribution is -0.0499. The number of rotatable bonds is 7. The zero-order chi connectivity index (χ0) is 12.7. The largest absolute Gasteiger partial charge is 0.435 e. The van der Waals surface area contributed by atoms with Crippen LogP contribution < -0.4 is 16.0 Å². The summed E-state index contributed by atoms with van der Waals surface area (Å²) in [7, 11) is 0. The van der Waals surface area contributed by atoms with Crippen molar-refractivity contribution in [3.63, 3.8) is 0 Å². The number of ether oxygens (including phenoxy) is 2. The average molecular weight is 246 g/mol. The monoisotopic (exact) mass is 246 g/mol. The molecular weight excluding hydrogens is 230 g/mol. The minimum Gasteiger partial charge on any atom is -0.435 e. The van der Waals surface area contributed by atoms with Gasteiger partial charge in [0.2, 0.25) is 0 Å². The lowest BCUT2D eigenvalue weighted by Gasteiger charge is -2.16. The maximum absolute atomic E-state index is 12.1. The molecule has 1 aromatic rings. The van der Waals surface area contributed by atoms with E-state index in [-0.39, 0.29) is 11.8 Å². The number of hydrogen-bond acceptors (Lipinski definition) is 4. The van der Waals surface area contributed by atoms with Crippen LogP contribution in [-0.4, -0.2) is 19.8 Å². The molecule has 0 saturated carbocycles. The smallest absolute Gasteiger partial charge is 0.387 e. The summed E-state index contributed by atoms with van der Waals surface area (Å²) in [6, 6.07) is 6.11. The molecule has 0 aliphatic rings. The summed E-state index contributed by atoms with van der Waals surface area (Å²) in [5.41, 5.74) is 3.30. The molecule has 0 aromatic heterocycles. The van der Waals surface area contributed by atoms with Crippen molar-refractivity contribution < 1.29 is 18.3 Å². The molecule has 0 bridgehead atoms. The molecule has 0 radical (unpaired) electrons. The van der Waals surface area contributed by atoms with Gasteiger partial charge >= 0.3 is 6.61 Å². The number of hydrogen-bond donors (Lipinski definition) is 2. The SMILES string of the molecule is CCOCC(NN)c1cccc(OC(F)F)c1. The van der Waals surface area contributed by atoms with Crippen LogP contribution >= 0.6 is 0 Å². The van der Waals surface area contributed by atoms with Crippen LogP contribution in [0.5, 0.6) is 5.75 Å². The van der Waals surface area contributed by atoms with Crippen molar-refractivity contribution in [3.8, 4) is 5.75 Å². The first-order valence-corrected chi connectivity index (χ1v) is 5.26. The van der Waals surface area contributed by atoms with Gasteiger partial charge in [0.1, 0.15) is 5.75 Å². The maximum atomic E-state index is 12.1.